The van der Waals surface area contributed by atoms with Gasteiger partial charge in [0.05, 0.1) is 6.42 Å². The Morgan fingerprint density at radius 1 is 2.00 bits per heavy atom. The summed E-state index contributed by atoms with van der Waals surface area (Å²) >= 11 is 0. The van der Waals surface area contributed by atoms with Crippen molar-refractivity contribution in [3.63, 3.8) is 0 Å². The Morgan fingerprint density at radius 3 is 3.00 bits per heavy atom. The Hall–Kier alpha value is -0.360. The smallest absolute Gasteiger partial charge is 0.318 e. The molecule has 0 saturated carbocycles. The van der Waals surface area contributed by atoms with Crippen molar-refractivity contribution in [2.45, 2.75) is 6.42 Å². The van der Waals surface area contributed by atoms with Gasteiger partial charge in [0, 0.05) is 0 Å². The quantitative estimate of drug-likeness (QED) is 0.418. The average molecular weight is 102 g/mol. The van der Waals surface area contributed by atoms with Crippen LogP contribution in [0.1, 0.15) is 6.42 Å². The summed E-state index contributed by atoms with van der Waals surface area (Å²) in [5, 5.41) is 0. The van der Waals surface area contributed by atoms with Gasteiger partial charge in [0.25, 0.3) is 0 Å². The van der Waals surface area contributed by atoms with E-state index in [1.165, 1.54) is 0 Å². The molecule has 1 aliphatic heterocycles. The summed E-state index contributed by atoms with van der Waals surface area (Å²) in [4.78, 5) is 9.98. The zero-order chi connectivity index (χ0) is 4.41. The van der Waals surface area contributed by atoms with E-state index in [2.05, 4.69) is 4.52 Å². The van der Waals surface area contributed by atoms with Crippen LogP contribution in [-0.2, 0) is 9.32 Å². The normalized spacial score (nSPS) is 21.0. The van der Waals surface area contributed by atoms with Crippen molar-refractivity contribution in [3.8, 4) is 0 Å². The fourth-order valence-corrected chi connectivity index (χ4v) is 0.735. The first-order valence-electron chi connectivity index (χ1n) is 1.61. The van der Waals surface area contributed by atoms with Gasteiger partial charge in [-0.3, -0.25) is 4.79 Å². The lowest BCUT2D eigenvalue weighted by Crippen LogP contribution is -1.87. The van der Waals surface area contributed by atoms with E-state index in [1.807, 2.05) is 0 Å². The van der Waals surface area contributed by atoms with Gasteiger partial charge < -0.3 is 4.52 Å². The molecule has 0 atom stereocenters. The first-order valence-corrected chi connectivity index (χ1v) is 2.49. The molecule has 1 aliphatic rings. The van der Waals surface area contributed by atoms with Crippen LogP contribution in [-0.4, -0.2) is 11.8 Å². The minimum Gasteiger partial charge on any atom is -0.407 e. The number of carbonyl (C=O) groups excluding carboxylic acids is 1. The minimum absolute atomic E-state index is 0.114. The third kappa shape index (κ3) is 0.575. The van der Waals surface area contributed by atoms with E-state index >= 15 is 0 Å². The van der Waals surface area contributed by atoms with Crippen molar-refractivity contribution in [2.75, 3.05) is 0 Å². The van der Waals surface area contributed by atoms with Crippen LogP contribution < -0.4 is 0 Å². The first kappa shape index (κ1) is 3.82. The Morgan fingerprint density at radius 2 is 2.83 bits per heavy atom. The van der Waals surface area contributed by atoms with E-state index in [4.69, 9.17) is 0 Å². The lowest BCUT2D eigenvalue weighted by molar-refractivity contribution is -0.131. The molecule has 0 unspecified atom stereocenters. The zero-order valence-electron chi connectivity index (χ0n) is 3.05. The van der Waals surface area contributed by atoms with E-state index in [0.29, 0.717) is 14.9 Å². The van der Waals surface area contributed by atoms with Crippen molar-refractivity contribution in [3.05, 3.63) is 0 Å². The molecule has 3 heteroatoms. The number of hydrogen-bond acceptors (Lipinski definition) is 2. The van der Waals surface area contributed by atoms with Crippen molar-refractivity contribution in [1.82, 2.24) is 0 Å². The van der Waals surface area contributed by atoms with Gasteiger partial charge in [-0.05, 0) is 5.80 Å². The summed E-state index contributed by atoms with van der Waals surface area (Å²) in [7, 11) is 0.711. The van der Waals surface area contributed by atoms with Crippen molar-refractivity contribution in [2.24, 2.45) is 0 Å². The third-order valence-electron chi connectivity index (χ3n) is 0.487. The highest BCUT2D eigenvalue weighted by Gasteiger charge is 2.02. The van der Waals surface area contributed by atoms with Crippen LogP contribution in [0.25, 0.3) is 0 Å². The Kier molecular flexibility index (Phi) is 0.887. The maximum Gasteiger partial charge on any atom is 0.318 e. The van der Waals surface area contributed by atoms with Gasteiger partial charge >= 0.3 is 5.97 Å². The minimum atomic E-state index is -0.114. The summed E-state index contributed by atoms with van der Waals surface area (Å²) in [5.41, 5.74) is 0. The molecule has 32 valence electrons. The monoisotopic (exact) mass is 102 g/mol. The first-order chi connectivity index (χ1) is 2.89. The number of carbonyl (C=O) groups is 1. The maximum atomic E-state index is 9.98. The SMILES string of the molecule is O=C1CC=PO1. The van der Waals surface area contributed by atoms with E-state index in [1.54, 1.807) is 5.80 Å². The Labute approximate surface area is 37.0 Å². The predicted octanol–water partition coefficient (Wildman–Crippen LogP) is 0.597. The van der Waals surface area contributed by atoms with Crippen LogP contribution in [0.2, 0.25) is 0 Å². The summed E-state index contributed by atoms with van der Waals surface area (Å²) in [6.45, 7) is 0. The molecule has 0 amide bonds. The Balaban J connectivity index is 2.52. The second-order valence-electron chi connectivity index (χ2n) is 0.955. The maximum absolute atomic E-state index is 9.98. The average Bonchev–Trinajstić information content (AvgIpc) is 1.86. The molecule has 0 radical (unpaired) electrons. The van der Waals surface area contributed by atoms with Gasteiger partial charge in [-0.1, -0.05) is 0 Å². The standard InChI is InChI=1S/C3H3O2P/c4-3-1-2-6-5-3/h2H,1H2. The van der Waals surface area contributed by atoms with Gasteiger partial charge in [0.15, 0.2) is 0 Å². The van der Waals surface area contributed by atoms with Crippen molar-refractivity contribution >= 4 is 20.2 Å². The summed E-state index contributed by atoms with van der Waals surface area (Å²) in [6.07, 6.45) is 0.488. The molecular weight excluding hydrogens is 99.0 g/mol. The van der Waals surface area contributed by atoms with Crippen LogP contribution >= 0.6 is 8.43 Å². The molecule has 1 rings (SSSR count). The van der Waals surface area contributed by atoms with Gasteiger partial charge in [-0.25, -0.2) is 0 Å². The zero-order valence-corrected chi connectivity index (χ0v) is 3.94. The van der Waals surface area contributed by atoms with E-state index in [0.717, 1.165) is 0 Å². The van der Waals surface area contributed by atoms with Crippen LogP contribution in [0.15, 0.2) is 0 Å². The summed E-state index contributed by atoms with van der Waals surface area (Å²) in [5.74, 6) is 1.67. The van der Waals surface area contributed by atoms with Crippen molar-refractivity contribution in [1.29, 1.82) is 0 Å². The molecule has 0 fully saturated rings. The highest BCUT2D eigenvalue weighted by molar-refractivity contribution is 7.34. The topological polar surface area (TPSA) is 26.3 Å². The number of hydrogen-bond donors (Lipinski definition) is 0. The molecule has 0 aromatic heterocycles. The molecule has 0 bridgehead atoms. The lowest BCUT2D eigenvalue weighted by atomic mass is 10.5. The van der Waals surface area contributed by atoms with Crippen LogP contribution in [0.3, 0.4) is 0 Å². The molecule has 0 spiro atoms. The van der Waals surface area contributed by atoms with Gasteiger partial charge in [-0.2, -0.15) is 0 Å². The molecule has 0 N–H and O–H groups in total. The van der Waals surface area contributed by atoms with Crippen LogP contribution in [0.4, 0.5) is 0 Å². The molecule has 0 aliphatic carbocycles. The third-order valence-corrected chi connectivity index (χ3v) is 1.13. The van der Waals surface area contributed by atoms with Gasteiger partial charge in [-0.15, -0.1) is 0 Å². The number of rotatable bonds is 0. The molecule has 0 aromatic rings. The molecule has 6 heavy (non-hydrogen) atoms. The highest BCUT2D eigenvalue weighted by atomic mass is 31.1. The molecular formula is C3H3O2P. The van der Waals surface area contributed by atoms with Crippen LogP contribution in [0, 0.1) is 0 Å². The van der Waals surface area contributed by atoms with Crippen molar-refractivity contribution < 1.29 is 9.32 Å². The summed E-state index contributed by atoms with van der Waals surface area (Å²) in [6, 6.07) is 0. The molecule has 2 nitrogen and oxygen atoms in total. The lowest BCUT2D eigenvalue weighted by Gasteiger charge is -1.77. The fraction of sp³-hybridized carbons (Fsp3) is 0.333. The van der Waals surface area contributed by atoms with Gasteiger partial charge in [0.2, 0.25) is 0 Å². The highest BCUT2D eigenvalue weighted by Crippen LogP contribution is 2.07. The van der Waals surface area contributed by atoms with E-state index in [-0.39, 0.29) is 5.97 Å². The largest absolute Gasteiger partial charge is 0.407 e. The second-order valence-corrected chi connectivity index (χ2v) is 1.71. The molecule has 1 heterocycles. The summed E-state index contributed by atoms with van der Waals surface area (Å²) < 4.78 is 4.43. The van der Waals surface area contributed by atoms with Crippen LogP contribution in [0.5, 0.6) is 0 Å². The predicted molar refractivity (Wildman–Crippen MR) is 23.7 cm³/mol. The van der Waals surface area contributed by atoms with E-state index in [9.17, 15) is 4.79 Å². The molecule has 0 saturated heterocycles. The molecule has 0 aromatic carbocycles. The van der Waals surface area contributed by atoms with Gasteiger partial charge in [0.1, 0.15) is 8.43 Å². The van der Waals surface area contributed by atoms with E-state index < -0.39 is 0 Å². The fourth-order valence-electron chi connectivity index (χ4n) is 0.245. The second kappa shape index (κ2) is 1.39. The Bertz CT molecular complexity index is 87.0.